The minimum absolute atomic E-state index is 0.0396. The number of alkyl carbamates (subject to hydrolysis) is 1. The van der Waals surface area contributed by atoms with E-state index in [-0.39, 0.29) is 18.0 Å². The van der Waals surface area contributed by atoms with Gasteiger partial charge in [-0.05, 0) is 80.3 Å². The van der Waals surface area contributed by atoms with Gasteiger partial charge >= 0.3 is 12.3 Å². The molecule has 0 aliphatic carbocycles. The van der Waals surface area contributed by atoms with Crippen molar-refractivity contribution in [3.05, 3.63) is 112 Å². The Kier molecular flexibility index (Phi) is 9.27. The largest absolute Gasteiger partial charge is 0.444 e. The Labute approximate surface area is 252 Å². The first-order chi connectivity index (χ1) is 20.6. The van der Waals surface area contributed by atoms with Gasteiger partial charge in [-0.1, -0.05) is 30.3 Å². The summed E-state index contributed by atoms with van der Waals surface area (Å²) in [5.74, 6) is -0.359. The summed E-state index contributed by atoms with van der Waals surface area (Å²) in [4.78, 5) is 41.5. The molecule has 0 bridgehead atoms. The quantitative estimate of drug-likeness (QED) is 0.245. The molecule has 0 spiro atoms. The fraction of sp³-hybridized carbons (Fsp3) is 0.273. The van der Waals surface area contributed by atoms with Gasteiger partial charge in [-0.25, -0.2) is 4.79 Å². The molecule has 2 heterocycles. The molecule has 2 aromatic carbocycles. The normalized spacial score (nSPS) is 12.4. The molecular formula is C33H33F3N4O4. The van der Waals surface area contributed by atoms with Crippen LogP contribution in [-0.2, 0) is 24.5 Å². The van der Waals surface area contributed by atoms with Crippen molar-refractivity contribution >= 4 is 12.0 Å². The molecule has 0 fully saturated rings. The minimum Gasteiger partial charge on any atom is -0.444 e. The van der Waals surface area contributed by atoms with Gasteiger partial charge in [0.1, 0.15) is 5.60 Å². The third-order valence-corrected chi connectivity index (χ3v) is 6.75. The molecule has 0 unspecified atom stereocenters. The van der Waals surface area contributed by atoms with Gasteiger partial charge in [0, 0.05) is 43.2 Å². The molecule has 2 aromatic heterocycles. The summed E-state index contributed by atoms with van der Waals surface area (Å²) in [7, 11) is 1.64. The van der Waals surface area contributed by atoms with Gasteiger partial charge in [0.15, 0.2) is 0 Å². The number of pyridine rings is 2. The standard InChI is InChI=1S/C33H33F3N4O4/c1-20(39-30(42)24-12-14-37-28(16-24)23-13-15-40(5)29(41)17-23)21-6-8-22(9-7-21)27-18-26(33(34,35)36)11-10-25(27)19-38-31(43)44-32(2,3)4/h6-18,20H,19H2,1-5H3,(H,38,43)(H,39,42)/t20-/m1/s1. The number of benzene rings is 2. The summed E-state index contributed by atoms with van der Waals surface area (Å²) < 4.78 is 47.3. The molecule has 4 rings (SSSR count). The summed E-state index contributed by atoms with van der Waals surface area (Å²) >= 11 is 0. The molecule has 2 amide bonds. The molecule has 8 nitrogen and oxygen atoms in total. The van der Waals surface area contributed by atoms with Crippen molar-refractivity contribution < 1.29 is 27.5 Å². The van der Waals surface area contributed by atoms with Crippen molar-refractivity contribution in [2.45, 2.75) is 52.1 Å². The van der Waals surface area contributed by atoms with Crippen LogP contribution in [0.15, 0.2) is 83.9 Å². The van der Waals surface area contributed by atoms with E-state index in [0.717, 1.165) is 17.7 Å². The number of halogens is 3. The summed E-state index contributed by atoms with van der Waals surface area (Å²) in [5, 5.41) is 5.52. The molecule has 11 heteroatoms. The lowest BCUT2D eigenvalue weighted by Crippen LogP contribution is -2.32. The van der Waals surface area contributed by atoms with Gasteiger partial charge in [-0.2, -0.15) is 13.2 Å². The van der Waals surface area contributed by atoms with Gasteiger partial charge in [0.05, 0.1) is 17.3 Å². The average Bonchev–Trinajstić information content (AvgIpc) is 2.96. The topological polar surface area (TPSA) is 102 Å². The van der Waals surface area contributed by atoms with Crippen molar-refractivity contribution in [3.63, 3.8) is 0 Å². The monoisotopic (exact) mass is 606 g/mol. The molecule has 0 radical (unpaired) electrons. The van der Waals surface area contributed by atoms with E-state index in [4.69, 9.17) is 4.74 Å². The van der Waals surface area contributed by atoms with E-state index in [1.807, 2.05) is 0 Å². The van der Waals surface area contributed by atoms with Gasteiger partial charge in [0.25, 0.3) is 11.5 Å². The van der Waals surface area contributed by atoms with E-state index in [1.54, 1.807) is 83.4 Å². The number of amides is 2. The molecular weight excluding hydrogens is 573 g/mol. The number of rotatable bonds is 7. The van der Waals surface area contributed by atoms with Crippen LogP contribution < -0.4 is 16.2 Å². The van der Waals surface area contributed by atoms with Crippen LogP contribution in [0, 0.1) is 0 Å². The number of aryl methyl sites for hydroxylation is 1. The molecule has 0 saturated carbocycles. The van der Waals surface area contributed by atoms with E-state index >= 15 is 0 Å². The van der Waals surface area contributed by atoms with E-state index < -0.39 is 29.5 Å². The van der Waals surface area contributed by atoms with Gasteiger partial charge < -0.3 is 19.9 Å². The Hall–Kier alpha value is -4.93. The highest BCUT2D eigenvalue weighted by atomic mass is 19.4. The fourth-order valence-electron chi connectivity index (χ4n) is 4.41. The highest BCUT2D eigenvalue weighted by Gasteiger charge is 2.31. The smallest absolute Gasteiger partial charge is 0.416 e. The number of nitrogens with one attached hydrogen (secondary N) is 2. The molecule has 2 N–H and O–H groups in total. The van der Waals surface area contributed by atoms with Gasteiger partial charge in [0.2, 0.25) is 0 Å². The average molecular weight is 607 g/mol. The van der Waals surface area contributed by atoms with Crippen molar-refractivity contribution in [3.8, 4) is 22.4 Å². The fourth-order valence-corrected chi connectivity index (χ4v) is 4.41. The van der Waals surface area contributed by atoms with Crippen LogP contribution in [0.25, 0.3) is 22.4 Å². The second-order valence-corrected chi connectivity index (χ2v) is 11.3. The second kappa shape index (κ2) is 12.7. The summed E-state index contributed by atoms with van der Waals surface area (Å²) in [5.41, 5.74) is 1.68. The minimum atomic E-state index is -4.55. The third kappa shape index (κ3) is 8.12. The first-order valence-corrected chi connectivity index (χ1v) is 13.8. The molecule has 1 atom stereocenters. The number of aromatic nitrogens is 2. The van der Waals surface area contributed by atoms with Crippen LogP contribution in [0.1, 0.15) is 60.8 Å². The van der Waals surface area contributed by atoms with Crippen LogP contribution >= 0.6 is 0 Å². The first-order valence-electron chi connectivity index (χ1n) is 13.8. The number of ether oxygens (including phenoxy) is 1. The zero-order valence-corrected chi connectivity index (χ0v) is 25.0. The van der Waals surface area contributed by atoms with Crippen LogP contribution in [0.2, 0.25) is 0 Å². The van der Waals surface area contributed by atoms with Gasteiger partial charge in [-0.15, -0.1) is 0 Å². The number of carbonyl (C=O) groups excluding carboxylic acids is 2. The number of hydrogen-bond acceptors (Lipinski definition) is 5. The maximum Gasteiger partial charge on any atom is 0.416 e. The summed E-state index contributed by atoms with van der Waals surface area (Å²) in [6, 6.07) is 16.1. The van der Waals surface area contributed by atoms with Gasteiger partial charge in [-0.3, -0.25) is 14.6 Å². The number of carbonyl (C=O) groups is 2. The van der Waals surface area contributed by atoms with Crippen molar-refractivity contribution in [1.82, 2.24) is 20.2 Å². The predicted molar refractivity (Wildman–Crippen MR) is 161 cm³/mol. The van der Waals surface area contributed by atoms with Crippen molar-refractivity contribution in [1.29, 1.82) is 0 Å². The van der Waals surface area contributed by atoms with E-state index in [2.05, 4.69) is 15.6 Å². The maximum atomic E-state index is 13.6. The zero-order chi connectivity index (χ0) is 32.2. The van der Waals surface area contributed by atoms with E-state index in [1.165, 1.54) is 22.9 Å². The van der Waals surface area contributed by atoms with E-state index in [0.29, 0.717) is 33.5 Å². The van der Waals surface area contributed by atoms with Crippen molar-refractivity contribution in [2.75, 3.05) is 0 Å². The van der Waals surface area contributed by atoms with E-state index in [9.17, 15) is 27.6 Å². The number of hydrogen-bond donors (Lipinski definition) is 2. The SMILES string of the molecule is C[C@@H](NC(=O)c1ccnc(-c2ccn(C)c(=O)c2)c1)c1ccc(-c2cc(C(F)(F)F)ccc2CNC(=O)OC(C)(C)C)cc1. The Balaban J connectivity index is 1.52. The molecule has 4 aromatic rings. The number of alkyl halides is 3. The Morgan fingerprint density at radius 1 is 0.955 bits per heavy atom. The molecule has 0 aliphatic heterocycles. The predicted octanol–water partition coefficient (Wildman–Crippen LogP) is 6.65. The molecule has 44 heavy (non-hydrogen) atoms. The van der Waals surface area contributed by atoms with Crippen LogP contribution in [0.4, 0.5) is 18.0 Å². The van der Waals surface area contributed by atoms with Crippen LogP contribution in [0.5, 0.6) is 0 Å². The van der Waals surface area contributed by atoms with Crippen LogP contribution in [0.3, 0.4) is 0 Å². The third-order valence-electron chi connectivity index (χ3n) is 6.75. The Bertz CT molecular complexity index is 1720. The molecule has 230 valence electrons. The lowest BCUT2D eigenvalue weighted by molar-refractivity contribution is -0.137. The lowest BCUT2D eigenvalue weighted by Gasteiger charge is -2.20. The highest BCUT2D eigenvalue weighted by Crippen LogP contribution is 2.34. The first kappa shape index (κ1) is 32.0. The Morgan fingerprint density at radius 2 is 1.66 bits per heavy atom. The maximum absolute atomic E-state index is 13.6. The zero-order valence-electron chi connectivity index (χ0n) is 25.0. The summed E-state index contributed by atoms with van der Waals surface area (Å²) in [6.45, 7) is 6.89. The van der Waals surface area contributed by atoms with Crippen LogP contribution in [-0.4, -0.2) is 27.2 Å². The lowest BCUT2D eigenvalue weighted by atomic mass is 9.95. The Morgan fingerprint density at radius 3 is 2.30 bits per heavy atom. The number of nitrogens with zero attached hydrogens (tertiary/aromatic N) is 2. The molecule has 0 saturated heterocycles. The van der Waals surface area contributed by atoms with Crippen molar-refractivity contribution in [2.24, 2.45) is 7.05 Å². The highest BCUT2D eigenvalue weighted by molar-refractivity contribution is 5.95. The molecule has 0 aliphatic rings. The second-order valence-electron chi connectivity index (χ2n) is 11.3. The summed E-state index contributed by atoms with van der Waals surface area (Å²) in [6.07, 6.45) is -2.12.